The first kappa shape index (κ1) is 12.4. The van der Waals surface area contributed by atoms with Crippen LogP contribution in [0.3, 0.4) is 0 Å². The molecule has 0 aliphatic rings. The number of aryl methyl sites for hydroxylation is 2. The molecule has 0 aliphatic carbocycles. The lowest BCUT2D eigenvalue weighted by molar-refractivity contribution is -0.143. The van der Waals surface area contributed by atoms with Gasteiger partial charge in [0.2, 0.25) is 0 Å². The van der Waals surface area contributed by atoms with Crippen LogP contribution in [0.1, 0.15) is 28.4 Å². The summed E-state index contributed by atoms with van der Waals surface area (Å²) in [6.07, 6.45) is 0. The lowest BCUT2D eigenvalue weighted by Crippen LogP contribution is -2.22. The van der Waals surface area contributed by atoms with E-state index in [2.05, 4.69) is 4.74 Å². The highest BCUT2D eigenvalue weighted by Gasteiger charge is 2.23. The third-order valence-electron chi connectivity index (χ3n) is 2.74. The van der Waals surface area contributed by atoms with Crippen molar-refractivity contribution in [2.75, 3.05) is 7.11 Å². The van der Waals surface area contributed by atoms with Crippen LogP contribution >= 0.6 is 0 Å². The molecule has 1 atom stereocenters. The van der Waals surface area contributed by atoms with Gasteiger partial charge in [-0.25, -0.2) is 0 Å². The molecule has 0 aliphatic heterocycles. The van der Waals surface area contributed by atoms with Gasteiger partial charge in [-0.1, -0.05) is 12.1 Å². The number of hydrogen-bond acceptors (Lipinski definition) is 3. The van der Waals surface area contributed by atoms with Crippen LogP contribution in [0.15, 0.2) is 18.2 Å². The van der Waals surface area contributed by atoms with Gasteiger partial charge in [0.1, 0.15) is 5.92 Å². The molecule has 16 heavy (non-hydrogen) atoms. The number of carbonyl (C=O) groups excluding carboxylic acids is 2. The largest absolute Gasteiger partial charge is 0.468 e. The molecule has 0 bridgehead atoms. The summed E-state index contributed by atoms with van der Waals surface area (Å²) in [4.78, 5) is 23.1. The number of hydrogen-bond donors (Lipinski definition) is 0. The highest BCUT2D eigenvalue weighted by atomic mass is 16.5. The number of ketones is 1. The van der Waals surface area contributed by atoms with Crippen LogP contribution in [0.4, 0.5) is 0 Å². The number of rotatable bonds is 3. The van der Waals surface area contributed by atoms with Crippen LogP contribution in [0.5, 0.6) is 0 Å². The van der Waals surface area contributed by atoms with E-state index in [1.807, 2.05) is 19.9 Å². The smallest absolute Gasteiger partial charge is 0.316 e. The molecule has 0 radical (unpaired) electrons. The molecule has 0 spiro atoms. The van der Waals surface area contributed by atoms with Crippen molar-refractivity contribution in [3.63, 3.8) is 0 Å². The fourth-order valence-corrected chi connectivity index (χ4v) is 1.43. The first-order valence-electron chi connectivity index (χ1n) is 5.16. The van der Waals surface area contributed by atoms with E-state index in [9.17, 15) is 9.59 Å². The van der Waals surface area contributed by atoms with E-state index in [1.165, 1.54) is 7.11 Å². The van der Waals surface area contributed by atoms with Crippen LogP contribution in [0.25, 0.3) is 0 Å². The van der Waals surface area contributed by atoms with E-state index in [0.717, 1.165) is 11.1 Å². The highest BCUT2D eigenvalue weighted by Crippen LogP contribution is 2.14. The van der Waals surface area contributed by atoms with Crippen molar-refractivity contribution in [1.29, 1.82) is 0 Å². The Balaban J connectivity index is 2.97. The minimum atomic E-state index is -0.743. The van der Waals surface area contributed by atoms with Crippen molar-refractivity contribution in [3.8, 4) is 0 Å². The van der Waals surface area contributed by atoms with Gasteiger partial charge in [0.25, 0.3) is 0 Å². The molecule has 0 amide bonds. The molecule has 1 unspecified atom stereocenters. The summed E-state index contributed by atoms with van der Waals surface area (Å²) >= 11 is 0. The molecule has 86 valence electrons. The molecule has 0 heterocycles. The Bertz CT molecular complexity index is 421. The molecule has 1 aromatic rings. The van der Waals surface area contributed by atoms with Crippen molar-refractivity contribution >= 4 is 11.8 Å². The summed E-state index contributed by atoms with van der Waals surface area (Å²) in [7, 11) is 1.28. The highest BCUT2D eigenvalue weighted by molar-refractivity contribution is 6.08. The quantitative estimate of drug-likeness (QED) is 0.446. The number of methoxy groups -OCH3 is 1. The van der Waals surface area contributed by atoms with E-state index in [-0.39, 0.29) is 5.78 Å². The van der Waals surface area contributed by atoms with E-state index in [4.69, 9.17) is 0 Å². The normalized spacial score (nSPS) is 12.0. The second kappa shape index (κ2) is 4.92. The van der Waals surface area contributed by atoms with Crippen molar-refractivity contribution in [3.05, 3.63) is 34.9 Å². The molecule has 1 aromatic carbocycles. The van der Waals surface area contributed by atoms with Gasteiger partial charge >= 0.3 is 5.97 Å². The van der Waals surface area contributed by atoms with Gasteiger partial charge in [0.15, 0.2) is 5.78 Å². The van der Waals surface area contributed by atoms with E-state index in [1.54, 1.807) is 19.1 Å². The maximum atomic E-state index is 11.9. The van der Waals surface area contributed by atoms with Gasteiger partial charge in [-0.15, -0.1) is 0 Å². The molecular weight excluding hydrogens is 204 g/mol. The van der Waals surface area contributed by atoms with Gasteiger partial charge in [-0.3, -0.25) is 9.59 Å². The van der Waals surface area contributed by atoms with Crippen LogP contribution < -0.4 is 0 Å². The number of esters is 1. The Morgan fingerprint density at radius 2 is 1.81 bits per heavy atom. The van der Waals surface area contributed by atoms with Gasteiger partial charge in [-0.2, -0.15) is 0 Å². The van der Waals surface area contributed by atoms with Gasteiger partial charge < -0.3 is 4.74 Å². The van der Waals surface area contributed by atoms with Crippen molar-refractivity contribution in [2.24, 2.45) is 5.92 Å². The Hall–Kier alpha value is -1.64. The molecular formula is C13H16O3. The summed E-state index contributed by atoms with van der Waals surface area (Å²) in [6, 6.07) is 5.42. The maximum Gasteiger partial charge on any atom is 0.316 e. The molecule has 3 nitrogen and oxygen atoms in total. The number of carbonyl (C=O) groups is 2. The first-order valence-corrected chi connectivity index (χ1v) is 5.16. The summed E-state index contributed by atoms with van der Waals surface area (Å²) < 4.78 is 4.55. The summed E-state index contributed by atoms with van der Waals surface area (Å²) in [5.41, 5.74) is 2.73. The third-order valence-corrected chi connectivity index (χ3v) is 2.74. The predicted octanol–water partition coefficient (Wildman–Crippen LogP) is 2.30. The zero-order valence-corrected chi connectivity index (χ0v) is 10.0. The van der Waals surface area contributed by atoms with E-state index in [0.29, 0.717) is 5.56 Å². The molecule has 3 heteroatoms. The van der Waals surface area contributed by atoms with Crippen LogP contribution in [-0.2, 0) is 9.53 Å². The van der Waals surface area contributed by atoms with Crippen molar-refractivity contribution < 1.29 is 14.3 Å². The predicted molar refractivity (Wildman–Crippen MR) is 61.4 cm³/mol. The summed E-state index contributed by atoms with van der Waals surface area (Å²) in [5.74, 6) is -1.44. The molecule has 0 saturated heterocycles. The number of ether oxygens (including phenoxy) is 1. The van der Waals surface area contributed by atoms with E-state index < -0.39 is 11.9 Å². The fourth-order valence-electron chi connectivity index (χ4n) is 1.43. The molecule has 0 saturated carbocycles. The molecule has 0 aromatic heterocycles. The number of Topliss-reactive ketones (excluding diaryl/α,β-unsaturated/α-hetero) is 1. The minimum absolute atomic E-state index is 0.199. The minimum Gasteiger partial charge on any atom is -0.468 e. The zero-order valence-electron chi connectivity index (χ0n) is 10.0. The Morgan fingerprint density at radius 1 is 1.19 bits per heavy atom. The van der Waals surface area contributed by atoms with Crippen molar-refractivity contribution in [1.82, 2.24) is 0 Å². The fraction of sp³-hybridized carbons (Fsp3) is 0.385. The summed E-state index contributed by atoms with van der Waals surface area (Å²) in [5, 5.41) is 0. The third kappa shape index (κ3) is 2.48. The van der Waals surface area contributed by atoms with E-state index >= 15 is 0 Å². The SMILES string of the molecule is COC(=O)C(C)C(=O)c1ccc(C)c(C)c1. The first-order chi connectivity index (χ1) is 7.47. The second-order valence-corrected chi connectivity index (χ2v) is 3.91. The van der Waals surface area contributed by atoms with Gasteiger partial charge in [0.05, 0.1) is 7.11 Å². The Labute approximate surface area is 95.4 Å². The maximum absolute atomic E-state index is 11.9. The van der Waals surface area contributed by atoms with Crippen LogP contribution in [0.2, 0.25) is 0 Å². The topological polar surface area (TPSA) is 43.4 Å². The average Bonchev–Trinajstić information content (AvgIpc) is 2.29. The summed E-state index contributed by atoms with van der Waals surface area (Å²) in [6.45, 7) is 5.48. The Morgan fingerprint density at radius 3 is 2.31 bits per heavy atom. The van der Waals surface area contributed by atoms with Crippen LogP contribution in [-0.4, -0.2) is 18.9 Å². The lowest BCUT2D eigenvalue weighted by Gasteiger charge is -2.09. The second-order valence-electron chi connectivity index (χ2n) is 3.91. The number of benzene rings is 1. The molecule has 0 N–H and O–H groups in total. The zero-order chi connectivity index (χ0) is 12.3. The Kier molecular flexibility index (Phi) is 3.82. The molecule has 0 fully saturated rings. The molecule has 1 rings (SSSR count). The monoisotopic (exact) mass is 220 g/mol. The average molecular weight is 220 g/mol. The van der Waals surface area contributed by atoms with Crippen LogP contribution in [0, 0.1) is 19.8 Å². The van der Waals surface area contributed by atoms with Gasteiger partial charge in [0, 0.05) is 5.56 Å². The standard InChI is InChI=1S/C13H16O3/c1-8-5-6-11(7-9(8)2)12(14)10(3)13(15)16-4/h5-7,10H,1-4H3. The van der Waals surface area contributed by atoms with Crippen molar-refractivity contribution in [2.45, 2.75) is 20.8 Å². The van der Waals surface area contributed by atoms with Gasteiger partial charge in [-0.05, 0) is 38.0 Å². The lowest BCUT2D eigenvalue weighted by atomic mass is 9.96.